The lowest BCUT2D eigenvalue weighted by atomic mass is 9.83. The maximum atomic E-state index is 13.0. The summed E-state index contributed by atoms with van der Waals surface area (Å²) >= 11 is 0. The third-order valence-corrected chi connectivity index (χ3v) is 6.61. The summed E-state index contributed by atoms with van der Waals surface area (Å²) in [4.78, 5) is 36.9. The molecule has 0 bridgehead atoms. The molecule has 0 fully saturated rings. The van der Waals surface area contributed by atoms with Gasteiger partial charge in [0.05, 0.1) is 41.9 Å². The molecule has 0 saturated carbocycles. The van der Waals surface area contributed by atoms with E-state index in [1.165, 1.54) is 20.3 Å². The van der Waals surface area contributed by atoms with E-state index in [-0.39, 0.29) is 35.7 Å². The van der Waals surface area contributed by atoms with Crippen LogP contribution in [0.25, 0.3) is 0 Å². The van der Waals surface area contributed by atoms with Crippen LogP contribution in [0.4, 0.5) is 10.5 Å². The van der Waals surface area contributed by atoms with Crippen LogP contribution in [-0.2, 0) is 21.3 Å². The fourth-order valence-electron chi connectivity index (χ4n) is 4.76. The molecule has 34 heavy (non-hydrogen) atoms. The average molecular weight is 478 g/mol. The van der Waals surface area contributed by atoms with E-state index in [1.54, 1.807) is 27.7 Å². The minimum absolute atomic E-state index is 0.0224. The number of rotatable bonds is 6. The molecule has 2 aliphatic rings. The Balaban J connectivity index is 1.89. The summed E-state index contributed by atoms with van der Waals surface area (Å²) < 4.78 is 15.6. The van der Waals surface area contributed by atoms with Crippen molar-refractivity contribution < 1.29 is 39.0 Å². The summed E-state index contributed by atoms with van der Waals surface area (Å²) in [5, 5.41) is 35.1. The lowest BCUT2D eigenvalue weighted by Crippen LogP contribution is -2.50. The molecule has 1 amide bonds. The van der Waals surface area contributed by atoms with E-state index in [2.05, 4.69) is 0 Å². The molecule has 1 unspecified atom stereocenters. The number of nitrogens with zero attached hydrogens (tertiary/aromatic N) is 3. The maximum absolute atomic E-state index is 13.0. The number of carboxylic acid groups (broad SMARTS) is 1. The van der Waals surface area contributed by atoms with Crippen molar-refractivity contribution in [3.63, 3.8) is 0 Å². The van der Waals surface area contributed by atoms with E-state index in [1.807, 2.05) is 0 Å². The zero-order chi connectivity index (χ0) is 25.6. The molecule has 2 heterocycles. The van der Waals surface area contributed by atoms with Crippen molar-refractivity contribution >= 4 is 17.7 Å². The number of carbonyl (C=O) groups excluding carboxylic acids is 1. The molecule has 3 rings (SSSR count). The Morgan fingerprint density at radius 3 is 2.21 bits per heavy atom. The Bertz CT molecular complexity index is 1060. The van der Waals surface area contributed by atoms with Crippen molar-refractivity contribution in [1.29, 1.82) is 0 Å². The second kappa shape index (κ2) is 8.76. The van der Waals surface area contributed by atoms with Gasteiger partial charge in [0.25, 0.3) is 5.69 Å². The number of benzene rings is 1. The van der Waals surface area contributed by atoms with Crippen molar-refractivity contribution in [2.75, 3.05) is 20.8 Å². The molecule has 0 aliphatic carbocycles. The van der Waals surface area contributed by atoms with Gasteiger partial charge in [-0.15, -0.1) is 10.3 Å². The standard InChI is InChI=1S/C22H28N3O9/c1-21(2)13-8-16(19(26)27)23(10-14(13)22(3,4)25(21)31)20(28)34-11-12-7-17(32-5)18(33-6)9-15(12)24(29)30/h7,9,16H,8,10-11H2,1-6H3,(H,26,27). The van der Waals surface area contributed by atoms with Crippen molar-refractivity contribution in [2.45, 2.75) is 57.8 Å². The molecular weight excluding hydrogens is 450 g/mol. The molecule has 1 aromatic rings. The second-order valence-electron chi connectivity index (χ2n) is 9.20. The van der Waals surface area contributed by atoms with Crippen molar-refractivity contribution in [1.82, 2.24) is 9.96 Å². The van der Waals surface area contributed by atoms with Gasteiger partial charge in [-0.1, -0.05) is 0 Å². The summed E-state index contributed by atoms with van der Waals surface area (Å²) in [5.74, 6) is -0.890. The van der Waals surface area contributed by atoms with Crippen LogP contribution in [0, 0.1) is 10.1 Å². The molecule has 0 aromatic heterocycles. The van der Waals surface area contributed by atoms with E-state index in [4.69, 9.17) is 14.2 Å². The van der Waals surface area contributed by atoms with Gasteiger partial charge in [0.15, 0.2) is 11.5 Å². The Morgan fingerprint density at radius 1 is 1.12 bits per heavy atom. The van der Waals surface area contributed by atoms with Gasteiger partial charge in [0.1, 0.15) is 12.6 Å². The number of aliphatic carboxylic acids is 1. The Labute approximate surface area is 196 Å². The molecule has 1 N–H and O–H groups in total. The summed E-state index contributed by atoms with van der Waals surface area (Å²) in [6.45, 7) is 6.31. The van der Waals surface area contributed by atoms with Crippen molar-refractivity contribution in [3.8, 4) is 11.5 Å². The summed E-state index contributed by atoms with van der Waals surface area (Å²) in [7, 11) is 2.70. The van der Waals surface area contributed by atoms with Crippen LogP contribution in [0.15, 0.2) is 23.3 Å². The third-order valence-electron chi connectivity index (χ3n) is 6.61. The highest BCUT2D eigenvalue weighted by Gasteiger charge is 2.55. The lowest BCUT2D eigenvalue weighted by Gasteiger charge is -2.36. The number of nitro groups is 1. The molecule has 1 radical (unpaired) electrons. The van der Waals surface area contributed by atoms with Gasteiger partial charge in [0.2, 0.25) is 0 Å². The molecule has 0 spiro atoms. The quantitative estimate of drug-likeness (QED) is 0.369. The average Bonchev–Trinajstić information content (AvgIpc) is 2.92. The van der Waals surface area contributed by atoms with Crippen LogP contribution >= 0.6 is 0 Å². The maximum Gasteiger partial charge on any atom is 0.411 e. The van der Waals surface area contributed by atoms with E-state index in [9.17, 15) is 30.0 Å². The van der Waals surface area contributed by atoms with Crippen LogP contribution in [0.3, 0.4) is 0 Å². The zero-order valence-corrected chi connectivity index (χ0v) is 19.9. The molecule has 12 nitrogen and oxygen atoms in total. The van der Waals surface area contributed by atoms with Crippen LogP contribution < -0.4 is 9.47 Å². The summed E-state index contributed by atoms with van der Waals surface area (Å²) in [5.41, 5.74) is -0.790. The van der Waals surface area contributed by atoms with Gasteiger partial charge in [-0.25, -0.2) is 9.59 Å². The highest BCUT2D eigenvalue weighted by molar-refractivity contribution is 5.82. The molecule has 12 heteroatoms. The van der Waals surface area contributed by atoms with E-state index in [0.717, 1.165) is 16.0 Å². The molecular formula is C22H28N3O9. The Kier molecular flexibility index (Phi) is 6.51. The van der Waals surface area contributed by atoms with E-state index < -0.39 is 40.7 Å². The highest BCUT2D eigenvalue weighted by Crippen LogP contribution is 2.48. The Morgan fingerprint density at radius 2 is 1.68 bits per heavy atom. The first kappa shape index (κ1) is 25.2. The molecule has 2 aliphatic heterocycles. The number of carboxylic acids is 1. The van der Waals surface area contributed by atoms with Gasteiger partial charge in [-0.05, 0) is 44.9 Å². The fraction of sp³-hybridized carbons (Fsp3) is 0.545. The van der Waals surface area contributed by atoms with Crippen LogP contribution in [-0.4, -0.2) is 69.9 Å². The van der Waals surface area contributed by atoms with E-state index in [0.29, 0.717) is 11.1 Å². The first-order valence-electron chi connectivity index (χ1n) is 10.5. The normalized spacial score (nSPS) is 21.1. The zero-order valence-electron chi connectivity index (χ0n) is 19.9. The SMILES string of the molecule is COc1cc(COC(=O)N2CC3=C(CC2C(=O)O)C(C)(C)N([O])C3(C)C)c([N+](=O)[O-])cc1OC. The minimum Gasteiger partial charge on any atom is -0.493 e. The van der Waals surface area contributed by atoms with Crippen molar-refractivity contribution in [2.24, 2.45) is 0 Å². The number of nitro benzene ring substituents is 1. The monoisotopic (exact) mass is 478 g/mol. The van der Waals surface area contributed by atoms with Gasteiger partial charge >= 0.3 is 12.1 Å². The van der Waals surface area contributed by atoms with Crippen LogP contribution in [0.5, 0.6) is 11.5 Å². The van der Waals surface area contributed by atoms with Crippen LogP contribution in [0.1, 0.15) is 39.7 Å². The van der Waals surface area contributed by atoms with Gasteiger partial charge in [-0.3, -0.25) is 15.0 Å². The van der Waals surface area contributed by atoms with Gasteiger partial charge in [0, 0.05) is 13.0 Å². The predicted molar refractivity (Wildman–Crippen MR) is 117 cm³/mol. The second-order valence-corrected chi connectivity index (χ2v) is 9.20. The minimum atomic E-state index is -1.24. The Hall–Kier alpha value is -3.38. The van der Waals surface area contributed by atoms with Crippen LogP contribution in [0.2, 0.25) is 0 Å². The van der Waals surface area contributed by atoms with Crippen molar-refractivity contribution in [3.05, 3.63) is 39.0 Å². The topological polar surface area (TPSA) is 152 Å². The van der Waals surface area contributed by atoms with E-state index >= 15 is 0 Å². The largest absolute Gasteiger partial charge is 0.493 e. The number of carbonyl (C=O) groups is 2. The molecule has 0 saturated heterocycles. The predicted octanol–water partition coefficient (Wildman–Crippen LogP) is 2.92. The third kappa shape index (κ3) is 4.03. The lowest BCUT2D eigenvalue weighted by molar-refractivity contribution is -0.385. The number of ether oxygens (including phenoxy) is 3. The van der Waals surface area contributed by atoms with Gasteiger partial charge in [-0.2, -0.15) is 0 Å². The number of hydroxylamine groups is 2. The molecule has 185 valence electrons. The number of hydrogen-bond donors (Lipinski definition) is 1. The number of methoxy groups -OCH3 is 2. The highest BCUT2D eigenvalue weighted by atomic mass is 16.6. The smallest absolute Gasteiger partial charge is 0.411 e. The van der Waals surface area contributed by atoms with Gasteiger partial charge < -0.3 is 19.3 Å². The molecule has 1 atom stereocenters. The number of amides is 1. The summed E-state index contributed by atoms with van der Waals surface area (Å²) in [6, 6.07) is 1.24. The first-order chi connectivity index (χ1) is 15.8. The first-order valence-corrected chi connectivity index (χ1v) is 10.5. The number of hydrogen-bond acceptors (Lipinski definition) is 8. The fourth-order valence-corrected chi connectivity index (χ4v) is 4.76. The summed E-state index contributed by atoms with van der Waals surface area (Å²) in [6.07, 6.45) is -0.980. The molecule has 1 aromatic carbocycles.